The van der Waals surface area contributed by atoms with E-state index in [0.29, 0.717) is 10.7 Å². The molecule has 3 N–H and O–H groups in total. The monoisotopic (exact) mass is 312 g/mol. The molecule has 2 rings (SSSR count). The van der Waals surface area contributed by atoms with Crippen molar-refractivity contribution in [3.63, 3.8) is 0 Å². The Morgan fingerprint density at radius 2 is 2.05 bits per heavy atom. The third-order valence-electron chi connectivity index (χ3n) is 2.59. The molecule has 5 nitrogen and oxygen atoms in total. The van der Waals surface area contributed by atoms with Crippen LogP contribution in [0.1, 0.15) is 5.56 Å². The van der Waals surface area contributed by atoms with Crippen LogP contribution in [0.2, 0.25) is 10.0 Å². The Hall–Kier alpha value is -1.98. The first-order chi connectivity index (χ1) is 9.38. The van der Waals surface area contributed by atoms with E-state index in [9.17, 15) is 4.79 Å². The molecule has 1 heterocycles. The lowest BCUT2D eigenvalue weighted by atomic mass is 10.1. The van der Waals surface area contributed by atoms with Gasteiger partial charge in [0.15, 0.2) is 0 Å². The van der Waals surface area contributed by atoms with Crippen molar-refractivity contribution >= 4 is 35.0 Å². The van der Waals surface area contributed by atoms with Gasteiger partial charge in [-0.2, -0.15) is 0 Å². The number of hydrogen-bond donors (Lipinski definition) is 2. The Balaban J connectivity index is 2.54. The van der Waals surface area contributed by atoms with E-state index in [1.807, 2.05) is 13.0 Å². The minimum absolute atomic E-state index is 0.0400. The number of nitrogens with zero attached hydrogens (tertiary/aromatic N) is 1. The first-order valence-corrected chi connectivity index (χ1v) is 6.27. The predicted octanol–water partition coefficient (Wildman–Crippen LogP) is 4.00. The molecule has 104 valence electrons. The van der Waals surface area contributed by atoms with E-state index in [-0.39, 0.29) is 16.6 Å². The predicted molar refractivity (Wildman–Crippen MR) is 77.5 cm³/mol. The van der Waals surface area contributed by atoms with Gasteiger partial charge in [0.1, 0.15) is 5.02 Å². The molecule has 0 aliphatic heterocycles. The lowest BCUT2D eigenvalue weighted by molar-refractivity contribution is 0.142. The van der Waals surface area contributed by atoms with E-state index >= 15 is 0 Å². The molecular formula is C13H10Cl2N2O3. The van der Waals surface area contributed by atoms with Gasteiger partial charge in [0.2, 0.25) is 5.88 Å². The number of halogens is 2. The quantitative estimate of drug-likeness (QED) is 0.818. The summed E-state index contributed by atoms with van der Waals surface area (Å²) < 4.78 is 4.51. The van der Waals surface area contributed by atoms with E-state index < -0.39 is 6.16 Å². The van der Waals surface area contributed by atoms with Gasteiger partial charge in [0.25, 0.3) is 0 Å². The van der Waals surface area contributed by atoms with Gasteiger partial charge < -0.3 is 15.6 Å². The third-order valence-corrected chi connectivity index (χ3v) is 3.40. The van der Waals surface area contributed by atoms with Crippen LogP contribution in [-0.4, -0.2) is 16.2 Å². The van der Waals surface area contributed by atoms with Gasteiger partial charge in [0, 0.05) is 10.6 Å². The Morgan fingerprint density at radius 3 is 2.65 bits per heavy atom. The largest absolute Gasteiger partial charge is 0.512 e. The summed E-state index contributed by atoms with van der Waals surface area (Å²) in [6, 6.07) is 6.81. The average molecular weight is 313 g/mol. The summed E-state index contributed by atoms with van der Waals surface area (Å²) in [6.45, 7) is 1.85. The molecule has 0 unspecified atom stereocenters. The number of nitrogen functional groups attached to an aromatic ring is 1. The Labute approximate surface area is 124 Å². The summed E-state index contributed by atoms with van der Waals surface area (Å²) in [6.07, 6.45) is -1.51. The molecule has 0 aliphatic carbocycles. The summed E-state index contributed by atoms with van der Waals surface area (Å²) >= 11 is 11.8. The minimum atomic E-state index is -1.51. The average Bonchev–Trinajstić information content (AvgIpc) is 2.37. The topological polar surface area (TPSA) is 85.4 Å². The molecule has 7 heteroatoms. The molecule has 2 aromatic rings. The van der Waals surface area contributed by atoms with Crippen LogP contribution in [0.25, 0.3) is 11.3 Å². The number of carbonyl (C=O) groups is 1. The summed E-state index contributed by atoms with van der Waals surface area (Å²) in [5, 5.41) is 9.23. The second kappa shape index (κ2) is 5.56. The molecule has 20 heavy (non-hydrogen) atoms. The first kappa shape index (κ1) is 14.4. The van der Waals surface area contributed by atoms with E-state index in [4.69, 9.17) is 34.0 Å². The van der Waals surface area contributed by atoms with Gasteiger partial charge in [-0.05, 0) is 30.7 Å². The smallest absolute Gasteiger partial charge is 0.449 e. The SMILES string of the molecule is Cc1cc(-c2cc(N)c(Cl)c(OC(=O)O)n2)ccc1Cl. The number of anilines is 1. The number of ether oxygens (including phenoxy) is 1. The van der Waals surface area contributed by atoms with Crippen molar-refractivity contribution in [2.24, 2.45) is 0 Å². The fourth-order valence-corrected chi connectivity index (χ4v) is 1.88. The molecule has 0 saturated carbocycles. The zero-order valence-corrected chi connectivity index (χ0v) is 11.9. The molecule has 1 aromatic heterocycles. The highest BCUT2D eigenvalue weighted by Crippen LogP contribution is 2.33. The third kappa shape index (κ3) is 2.95. The fraction of sp³-hybridized carbons (Fsp3) is 0.0769. The van der Waals surface area contributed by atoms with Crippen LogP contribution in [-0.2, 0) is 0 Å². The van der Waals surface area contributed by atoms with Gasteiger partial charge in [-0.15, -0.1) is 0 Å². The second-order valence-electron chi connectivity index (χ2n) is 4.05. The van der Waals surface area contributed by atoms with Crippen molar-refractivity contribution in [2.45, 2.75) is 6.92 Å². The maximum Gasteiger partial charge on any atom is 0.512 e. The van der Waals surface area contributed by atoms with Crippen molar-refractivity contribution in [1.82, 2.24) is 4.98 Å². The molecule has 0 bridgehead atoms. The van der Waals surface area contributed by atoms with Crippen LogP contribution in [0.15, 0.2) is 24.3 Å². The van der Waals surface area contributed by atoms with Gasteiger partial charge in [0.05, 0.1) is 11.4 Å². The fourth-order valence-electron chi connectivity index (χ4n) is 1.63. The number of hydrogen-bond acceptors (Lipinski definition) is 4. The lowest BCUT2D eigenvalue weighted by Crippen LogP contribution is -2.06. The number of pyridine rings is 1. The normalized spacial score (nSPS) is 10.3. The van der Waals surface area contributed by atoms with Gasteiger partial charge in [-0.25, -0.2) is 9.78 Å². The lowest BCUT2D eigenvalue weighted by Gasteiger charge is -2.09. The number of nitrogens with two attached hydrogens (primary N) is 1. The van der Waals surface area contributed by atoms with E-state index in [1.165, 1.54) is 0 Å². The number of rotatable bonds is 2. The summed E-state index contributed by atoms with van der Waals surface area (Å²) in [5.41, 5.74) is 7.95. The molecular weight excluding hydrogens is 303 g/mol. The van der Waals surface area contributed by atoms with E-state index in [1.54, 1.807) is 18.2 Å². The molecule has 0 aliphatic rings. The standard InChI is InChI=1S/C13H10Cl2N2O3/c1-6-4-7(2-3-8(6)14)10-5-9(16)11(15)12(17-10)20-13(18)19/h2-5H,1H3,(H2,16,17)(H,18,19). The first-order valence-electron chi connectivity index (χ1n) is 5.52. The molecule has 0 atom stereocenters. The van der Waals surface area contributed by atoms with Crippen LogP contribution < -0.4 is 10.5 Å². The zero-order chi connectivity index (χ0) is 14.9. The summed E-state index contributed by atoms with van der Waals surface area (Å²) in [7, 11) is 0. The van der Waals surface area contributed by atoms with Crippen molar-refractivity contribution in [2.75, 3.05) is 5.73 Å². The van der Waals surface area contributed by atoms with Crippen LogP contribution in [0, 0.1) is 6.92 Å². The van der Waals surface area contributed by atoms with Gasteiger partial charge in [-0.3, -0.25) is 0 Å². The van der Waals surface area contributed by atoms with Crippen molar-refractivity contribution in [3.05, 3.63) is 39.9 Å². The van der Waals surface area contributed by atoms with Gasteiger partial charge in [-0.1, -0.05) is 29.3 Å². The van der Waals surface area contributed by atoms with Crippen molar-refractivity contribution in [1.29, 1.82) is 0 Å². The highest BCUT2D eigenvalue weighted by Gasteiger charge is 2.14. The van der Waals surface area contributed by atoms with Crippen LogP contribution >= 0.6 is 23.2 Å². The summed E-state index contributed by atoms with van der Waals surface area (Å²) in [5.74, 6) is -0.248. The highest BCUT2D eigenvalue weighted by atomic mass is 35.5. The van der Waals surface area contributed by atoms with E-state index in [0.717, 1.165) is 11.1 Å². The Bertz CT molecular complexity index is 690. The maximum absolute atomic E-state index is 10.6. The van der Waals surface area contributed by atoms with Crippen molar-refractivity contribution in [3.8, 4) is 17.1 Å². The number of benzene rings is 1. The van der Waals surface area contributed by atoms with Crippen LogP contribution in [0.5, 0.6) is 5.88 Å². The molecule has 0 radical (unpaired) electrons. The molecule has 0 saturated heterocycles. The molecule has 1 aromatic carbocycles. The number of carboxylic acid groups (broad SMARTS) is 1. The Morgan fingerprint density at radius 1 is 1.35 bits per heavy atom. The van der Waals surface area contributed by atoms with Crippen LogP contribution in [0.4, 0.5) is 10.5 Å². The maximum atomic E-state index is 10.6. The zero-order valence-electron chi connectivity index (χ0n) is 10.4. The highest BCUT2D eigenvalue weighted by molar-refractivity contribution is 6.34. The minimum Gasteiger partial charge on any atom is -0.449 e. The number of aryl methyl sites for hydroxylation is 1. The molecule has 0 fully saturated rings. The van der Waals surface area contributed by atoms with Crippen molar-refractivity contribution < 1.29 is 14.6 Å². The van der Waals surface area contributed by atoms with Crippen LogP contribution in [0.3, 0.4) is 0 Å². The molecule has 0 amide bonds. The van der Waals surface area contributed by atoms with E-state index in [2.05, 4.69) is 9.72 Å². The van der Waals surface area contributed by atoms with Gasteiger partial charge >= 0.3 is 6.16 Å². The Kier molecular flexibility index (Phi) is 4.01. The molecule has 0 spiro atoms. The summed E-state index contributed by atoms with van der Waals surface area (Å²) in [4.78, 5) is 14.7. The number of aromatic nitrogens is 1. The second-order valence-corrected chi connectivity index (χ2v) is 4.83.